The first-order valence-electron chi connectivity index (χ1n) is 5.90. The molecule has 2 N–H and O–H groups in total. The molecule has 100 valence electrons. The molecular formula is C13H15N3O3. The van der Waals surface area contributed by atoms with Gasteiger partial charge in [0.2, 0.25) is 0 Å². The molecule has 0 amide bonds. The summed E-state index contributed by atoms with van der Waals surface area (Å²) < 4.78 is 10.1. The van der Waals surface area contributed by atoms with Crippen LogP contribution in [0.5, 0.6) is 0 Å². The summed E-state index contributed by atoms with van der Waals surface area (Å²) in [6, 6.07) is 1.76. The number of anilines is 1. The highest BCUT2D eigenvalue weighted by molar-refractivity contribution is 5.95. The van der Waals surface area contributed by atoms with E-state index in [0.29, 0.717) is 17.3 Å². The number of hydrogen-bond acceptors (Lipinski definition) is 6. The van der Waals surface area contributed by atoms with Crippen molar-refractivity contribution >= 4 is 11.8 Å². The molecule has 6 heteroatoms. The van der Waals surface area contributed by atoms with Gasteiger partial charge in [-0.05, 0) is 26.8 Å². The first kappa shape index (κ1) is 13.1. The van der Waals surface area contributed by atoms with Crippen molar-refractivity contribution in [3.63, 3.8) is 0 Å². The molecule has 0 atom stereocenters. The Bertz CT molecular complexity index is 596. The summed E-state index contributed by atoms with van der Waals surface area (Å²) in [5, 5.41) is 0. The zero-order valence-corrected chi connectivity index (χ0v) is 11.1. The molecule has 2 heterocycles. The average molecular weight is 261 g/mol. The van der Waals surface area contributed by atoms with E-state index in [2.05, 4.69) is 9.97 Å². The molecule has 0 saturated heterocycles. The Kier molecular flexibility index (Phi) is 3.50. The summed E-state index contributed by atoms with van der Waals surface area (Å²) in [5.74, 6) is 0.742. The van der Waals surface area contributed by atoms with Crippen molar-refractivity contribution in [1.29, 1.82) is 0 Å². The number of aromatic nitrogens is 2. The van der Waals surface area contributed by atoms with Crippen LogP contribution in [0.25, 0.3) is 11.4 Å². The molecule has 0 unspecified atom stereocenters. The van der Waals surface area contributed by atoms with Crippen LogP contribution in [0.15, 0.2) is 16.7 Å². The molecule has 0 fully saturated rings. The molecule has 0 aromatic carbocycles. The third-order valence-electron chi connectivity index (χ3n) is 2.70. The van der Waals surface area contributed by atoms with E-state index >= 15 is 0 Å². The Balaban J connectivity index is 2.48. The summed E-state index contributed by atoms with van der Waals surface area (Å²) in [6.45, 7) is 5.51. The normalized spacial score (nSPS) is 10.5. The maximum Gasteiger partial charge on any atom is 0.343 e. The largest absolute Gasteiger partial charge is 0.469 e. The minimum atomic E-state index is -0.507. The standard InChI is InChI=1S/C13H15N3O3/c1-4-18-13(17)10-7(2)15-12(16-11(10)14)9-5-6-19-8(9)3/h5-6H,4H2,1-3H3,(H2,14,15,16). The minimum Gasteiger partial charge on any atom is -0.469 e. The van der Waals surface area contributed by atoms with Crippen molar-refractivity contribution in [3.05, 3.63) is 29.3 Å². The van der Waals surface area contributed by atoms with Gasteiger partial charge < -0.3 is 14.9 Å². The van der Waals surface area contributed by atoms with Crippen LogP contribution in [-0.4, -0.2) is 22.5 Å². The van der Waals surface area contributed by atoms with Crippen molar-refractivity contribution < 1.29 is 13.9 Å². The highest BCUT2D eigenvalue weighted by atomic mass is 16.5. The lowest BCUT2D eigenvalue weighted by molar-refractivity contribution is 0.0526. The second-order valence-corrected chi connectivity index (χ2v) is 4.00. The topological polar surface area (TPSA) is 91.2 Å². The van der Waals surface area contributed by atoms with Crippen molar-refractivity contribution in [1.82, 2.24) is 9.97 Å². The van der Waals surface area contributed by atoms with E-state index < -0.39 is 5.97 Å². The van der Waals surface area contributed by atoms with E-state index in [0.717, 1.165) is 5.56 Å². The monoisotopic (exact) mass is 261 g/mol. The fourth-order valence-electron chi connectivity index (χ4n) is 1.79. The molecule has 6 nitrogen and oxygen atoms in total. The zero-order valence-electron chi connectivity index (χ0n) is 11.1. The van der Waals surface area contributed by atoms with Crippen molar-refractivity contribution in [2.45, 2.75) is 20.8 Å². The van der Waals surface area contributed by atoms with E-state index in [1.807, 2.05) is 6.92 Å². The van der Waals surface area contributed by atoms with E-state index in [1.165, 1.54) is 0 Å². The predicted octanol–water partition coefficient (Wildman–Crippen LogP) is 2.11. The number of rotatable bonds is 3. The van der Waals surface area contributed by atoms with Gasteiger partial charge in [-0.15, -0.1) is 0 Å². The average Bonchev–Trinajstić information content (AvgIpc) is 2.74. The predicted molar refractivity (Wildman–Crippen MR) is 69.6 cm³/mol. The van der Waals surface area contributed by atoms with E-state index in [9.17, 15) is 4.79 Å². The summed E-state index contributed by atoms with van der Waals surface area (Å²) in [4.78, 5) is 20.2. The van der Waals surface area contributed by atoms with Crippen LogP contribution < -0.4 is 5.73 Å². The van der Waals surface area contributed by atoms with Gasteiger partial charge >= 0.3 is 5.97 Å². The van der Waals surface area contributed by atoms with Crippen molar-refractivity contribution in [3.8, 4) is 11.4 Å². The van der Waals surface area contributed by atoms with Gasteiger partial charge in [-0.3, -0.25) is 0 Å². The maximum absolute atomic E-state index is 11.8. The number of nitrogens with two attached hydrogens (primary N) is 1. The number of nitrogens with zero attached hydrogens (tertiary/aromatic N) is 2. The molecular weight excluding hydrogens is 246 g/mol. The van der Waals surface area contributed by atoms with Crippen LogP contribution in [0, 0.1) is 13.8 Å². The first-order valence-corrected chi connectivity index (χ1v) is 5.90. The highest BCUT2D eigenvalue weighted by Crippen LogP contribution is 2.24. The van der Waals surface area contributed by atoms with Gasteiger partial charge in [-0.2, -0.15) is 0 Å². The SMILES string of the molecule is CCOC(=O)c1c(C)nc(-c2ccoc2C)nc1N. The molecule has 0 aliphatic heterocycles. The van der Waals surface area contributed by atoms with Gasteiger partial charge in [-0.1, -0.05) is 0 Å². The number of nitrogen functional groups attached to an aromatic ring is 1. The number of carbonyl (C=O) groups excluding carboxylic acids is 1. The second kappa shape index (κ2) is 5.09. The lowest BCUT2D eigenvalue weighted by atomic mass is 10.2. The molecule has 2 rings (SSSR count). The Morgan fingerprint density at radius 1 is 1.42 bits per heavy atom. The molecule has 19 heavy (non-hydrogen) atoms. The molecule has 0 saturated carbocycles. The first-order chi connectivity index (χ1) is 9.04. The van der Waals surface area contributed by atoms with Gasteiger partial charge in [0, 0.05) is 0 Å². The molecule has 2 aromatic heterocycles. The Hall–Kier alpha value is -2.37. The van der Waals surface area contributed by atoms with Crippen LogP contribution in [-0.2, 0) is 4.74 Å². The van der Waals surface area contributed by atoms with Crippen molar-refractivity contribution in [2.75, 3.05) is 12.3 Å². The van der Waals surface area contributed by atoms with Gasteiger partial charge in [0.05, 0.1) is 24.1 Å². The summed E-state index contributed by atoms with van der Waals surface area (Å²) in [6.07, 6.45) is 1.55. The van der Waals surface area contributed by atoms with Crippen LogP contribution >= 0.6 is 0 Å². The lowest BCUT2D eigenvalue weighted by Crippen LogP contribution is -2.13. The third kappa shape index (κ3) is 2.42. The van der Waals surface area contributed by atoms with Crippen molar-refractivity contribution in [2.24, 2.45) is 0 Å². The van der Waals surface area contributed by atoms with Crippen LogP contribution in [0.3, 0.4) is 0 Å². The van der Waals surface area contributed by atoms with E-state index in [-0.39, 0.29) is 18.0 Å². The second-order valence-electron chi connectivity index (χ2n) is 4.00. The highest BCUT2D eigenvalue weighted by Gasteiger charge is 2.19. The van der Waals surface area contributed by atoms with Gasteiger partial charge in [0.15, 0.2) is 5.82 Å². The summed E-state index contributed by atoms with van der Waals surface area (Å²) >= 11 is 0. The van der Waals surface area contributed by atoms with Gasteiger partial charge in [0.1, 0.15) is 17.1 Å². The van der Waals surface area contributed by atoms with Crippen LogP contribution in [0.2, 0.25) is 0 Å². The molecule has 0 aliphatic rings. The number of ether oxygens (including phenoxy) is 1. The Labute approximate surface area is 110 Å². The molecule has 0 aliphatic carbocycles. The van der Waals surface area contributed by atoms with E-state index in [1.54, 1.807) is 26.2 Å². The van der Waals surface area contributed by atoms with E-state index in [4.69, 9.17) is 14.9 Å². The number of aryl methyl sites for hydroxylation is 2. The number of furan rings is 1. The summed E-state index contributed by atoms with van der Waals surface area (Å²) in [5.41, 5.74) is 7.28. The quantitative estimate of drug-likeness (QED) is 0.851. The Morgan fingerprint density at radius 3 is 2.68 bits per heavy atom. The third-order valence-corrected chi connectivity index (χ3v) is 2.70. The maximum atomic E-state index is 11.8. The van der Waals surface area contributed by atoms with Gasteiger partial charge in [0.25, 0.3) is 0 Å². The molecule has 0 bridgehead atoms. The molecule has 2 aromatic rings. The smallest absolute Gasteiger partial charge is 0.343 e. The van der Waals surface area contributed by atoms with Crippen LogP contribution in [0.4, 0.5) is 5.82 Å². The zero-order chi connectivity index (χ0) is 14.0. The number of esters is 1. The summed E-state index contributed by atoms with van der Waals surface area (Å²) in [7, 11) is 0. The van der Waals surface area contributed by atoms with Gasteiger partial charge in [-0.25, -0.2) is 14.8 Å². The number of carbonyl (C=O) groups is 1. The number of hydrogen-bond donors (Lipinski definition) is 1. The molecule has 0 spiro atoms. The van der Waals surface area contributed by atoms with Crippen LogP contribution in [0.1, 0.15) is 28.7 Å². The fraction of sp³-hybridized carbons (Fsp3) is 0.308. The Morgan fingerprint density at radius 2 is 2.16 bits per heavy atom. The minimum absolute atomic E-state index is 0.113. The lowest BCUT2D eigenvalue weighted by Gasteiger charge is -2.09. The fourth-order valence-corrected chi connectivity index (χ4v) is 1.79. The molecule has 0 radical (unpaired) electrons.